The SMILES string of the molecule is Cc1ccc(O)c(Cn2c(NC3CCN(Cc4ccccc4)CC3)nc3cc(C=O)cc(C)c32)n1. The summed E-state index contributed by atoms with van der Waals surface area (Å²) in [5.74, 6) is 0.912. The number of carbonyl (C=O) groups is 1. The van der Waals surface area contributed by atoms with Gasteiger partial charge in [0.1, 0.15) is 17.7 Å². The summed E-state index contributed by atoms with van der Waals surface area (Å²) >= 11 is 0. The lowest BCUT2D eigenvalue weighted by Gasteiger charge is -2.32. The summed E-state index contributed by atoms with van der Waals surface area (Å²) in [4.78, 5) is 23.4. The van der Waals surface area contributed by atoms with Gasteiger partial charge in [0.25, 0.3) is 0 Å². The number of piperidine rings is 1. The number of nitrogens with zero attached hydrogens (tertiary/aromatic N) is 4. The maximum absolute atomic E-state index is 11.4. The molecule has 0 saturated carbocycles. The van der Waals surface area contributed by atoms with Crippen molar-refractivity contribution >= 4 is 23.3 Å². The second kappa shape index (κ2) is 9.88. The first-order valence-electron chi connectivity index (χ1n) is 12.1. The molecule has 0 bridgehead atoms. The van der Waals surface area contributed by atoms with Crippen molar-refractivity contribution in [3.63, 3.8) is 0 Å². The van der Waals surface area contributed by atoms with E-state index >= 15 is 0 Å². The summed E-state index contributed by atoms with van der Waals surface area (Å²) in [5.41, 5.74) is 6.08. The normalized spacial score (nSPS) is 14.9. The number of benzene rings is 2. The molecule has 4 aromatic rings. The maximum Gasteiger partial charge on any atom is 0.204 e. The van der Waals surface area contributed by atoms with Crippen molar-refractivity contribution in [2.45, 2.75) is 45.8 Å². The number of aryl methyl sites for hydroxylation is 2. The van der Waals surface area contributed by atoms with E-state index in [9.17, 15) is 9.90 Å². The number of pyridine rings is 1. The van der Waals surface area contributed by atoms with Crippen LogP contribution >= 0.6 is 0 Å². The molecule has 3 heterocycles. The van der Waals surface area contributed by atoms with Crippen LogP contribution in [0.2, 0.25) is 0 Å². The average molecular weight is 470 g/mol. The minimum Gasteiger partial charge on any atom is -0.506 e. The van der Waals surface area contributed by atoms with Gasteiger partial charge in [0.15, 0.2) is 0 Å². The van der Waals surface area contributed by atoms with Crippen LogP contribution in [0, 0.1) is 13.8 Å². The van der Waals surface area contributed by atoms with E-state index in [0.29, 0.717) is 23.8 Å². The molecule has 0 aliphatic carbocycles. The van der Waals surface area contributed by atoms with Crippen molar-refractivity contribution in [3.05, 3.63) is 82.7 Å². The molecule has 1 saturated heterocycles. The number of nitrogens with one attached hydrogen (secondary N) is 1. The quantitative estimate of drug-likeness (QED) is 0.382. The molecule has 7 nitrogen and oxygen atoms in total. The zero-order chi connectivity index (χ0) is 24.4. The van der Waals surface area contributed by atoms with E-state index in [1.807, 2.05) is 26.0 Å². The Bertz CT molecular complexity index is 1340. The smallest absolute Gasteiger partial charge is 0.204 e. The second-order valence-electron chi connectivity index (χ2n) is 9.44. The predicted octanol–water partition coefficient (Wildman–Crippen LogP) is 4.69. The number of aldehydes is 1. The summed E-state index contributed by atoms with van der Waals surface area (Å²) in [5, 5.41) is 14.1. The second-order valence-corrected chi connectivity index (χ2v) is 9.44. The Balaban J connectivity index is 1.40. The summed E-state index contributed by atoms with van der Waals surface area (Å²) in [6.45, 7) is 7.29. The molecule has 0 spiro atoms. The third-order valence-corrected chi connectivity index (χ3v) is 6.76. The van der Waals surface area contributed by atoms with Gasteiger partial charge in [0.05, 0.1) is 17.6 Å². The summed E-state index contributed by atoms with van der Waals surface area (Å²) in [7, 11) is 0. The summed E-state index contributed by atoms with van der Waals surface area (Å²) in [6, 6.07) is 18.1. The van der Waals surface area contributed by atoms with Crippen molar-refractivity contribution in [1.82, 2.24) is 19.4 Å². The van der Waals surface area contributed by atoms with E-state index in [2.05, 4.69) is 50.1 Å². The number of likely N-dealkylation sites (tertiary alicyclic amines) is 1. The lowest BCUT2D eigenvalue weighted by Crippen LogP contribution is -2.39. The molecule has 0 radical (unpaired) electrons. The van der Waals surface area contributed by atoms with E-state index < -0.39 is 0 Å². The third-order valence-electron chi connectivity index (χ3n) is 6.76. The number of hydrogen-bond donors (Lipinski definition) is 2. The fraction of sp³-hybridized carbons (Fsp3) is 0.321. The van der Waals surface area contributed by atoms with Gasteiger partial charge in [0.2, 0.25) is 5.95 Å². The van der Waals surface area contributed by atoms with Gasteiger partial charge in [-0.25, -0.2) is 4.98 Å². The number of hydrogen-bond acceptors (Lipinski definition) is 6. The predicted molar refractivity (Wildman–Crippen MR) is 138 cm³/mol. The van der Waals surface area contributed by atoms with Crippen molar-refractivity contribution < 1.29 is 9.90 Å². The number of carbonyl (C=O) groups excluding carboxylic acids is 1. The molecule has 2 aromatic carbocycles. The van der Waals surface area contributed by atoms with Gasteiger partial charge in [-0.3, -0.25) is 14.7 Å². The molecule has 2 N–H and O–H groups in total. The van der Waals surface area contributed by atoms with Gasteiger partial charge < -0.3 is 15.0 Å². The highest BCUT2D eigenvalue weighted by molar-refractivity contribution is 5.89. The highest BCUT2D eigenvalue weighted by Crippen LogP contribution is 2.29. The van der Waals surface area contributed by atoms with E-state index in [4.69, 9.17) is 4.98 Å². The molecule has 1 aliphatic rings. The lowest BCUT2D eigenvalue weighted by atomic mass is 10.0. The van der Waals surface area contributed by atoms with Gasteiger partial charge >= 0.3 is 0 Å². The van der Waals surface area contributed by atoms with Gasteiger partial charge in [-0.2, -0.15) is 0 Å². The number of aromatic nitrogens is 3. The Morgan fingerprint density at radius 1 is 1.03 bits per heavy atom. The number of rotatable bonds is 7. The Labute approximate surface area is 205 Å². The van der Waals surface area contributed by atoms with Crippen LogP contribution in [-0.2, 0) is 13.1 Å². The summed E-state index contributed by atoms with van der Waals surface area (Å²) < 4.78 is 2.08. The van der Waals surface area contributed by atoms with Crippen LogP contribution in [0.5, 0.6) is 5.75 Å². The van der Waals surface area contributed by atoms with Gasteiger partial charge in [-0.15, -0.1) is 0 Å². The Morgan fingerprint density at radius 2 is 1.80 bits per heavy atom. The number of fused-ring (bicyclic) bond motifs is 1. The molecule has 5 rings (SSSR count). The van der Waals surface area contributed by atoms with Crippen LogP contribution in [0.3, 0.4) is 0 Å². The van der Waals surface area contributed by atoms with Gasteiger partial charge in [0, 0.05) is 36.9 Å². The minimum absolute atomic E-state index is 0.166. The summed E-state index contributed by atoms with van der Waals surface area (Å²) in [6.07, 6.45) is 2.89. The fourth-order valence-electron chi connectivity index (χ4n) is 4.97. The number of anilines is 1. The Kier molecular flexibility index (Phi) is 6.51. The van der Waals surface area contributed by atoms with E-state index in [1.165, 1.54) is 5.56 Å². The van der Waals surface area contributed by atoms with Crippen LogP contribution in [0.25, 0.3) is 11.0 Å². The Hall–Kier alpha value is -3.71. The standard InChI is InChI=1S/C28H31N5O2/c1-19-14-22(18-34)15-24-27(19)33(17-25-26(35)9-8-20(2)29-25)28(31-24)30-23-10-12-32(13-11-23)16-21-6-4-3-5-7-21/h3-9,14-15,18,23,35H,10-13,16-17H2,1-2H3,(H,30,31). The van der Waals surface area contributed by atoms with Crippen molar-refractivity contribution in [2.75, 3.05) is 18.4 Å². The average Bonchev–Trinajstić information content (AvgIpc) is 3.20. The van der Waals surface area contributed by atoms with Crippen LogP contribution in [0.4, 0.5) is 5.95 Å². The molecule has 7 heteroatoms. The molecule has 0 unspecified atom stereocenters. The minimum atomic E-state index is 0.166. The molecule has 0 atom stereocenters. The zero-order valence-corrected chi connectivity index (χ0v) is 20.2. The molecular formula is C28H31N5O2. The molecule has 35 heavy (non-hydrogen) atoms. The monoisotopic (exact) mass is 469 g/mol. The first kappa shape index (κ1) is 23.1. The maximum atomic E-state index is 11.4. The molecule has 1 fully saturated rings. The van der Waals surface area contributed by atoms with Gasteiger partial charge in [-0.1, -0.05) is 30.3 Å². The largest absolute Gasteiger partial charge is 0.506 e. The van der Waals surface area contributed by atoms with Gasteiger partial charge in [-0.05, 0) is 62.1 Å². The molecule has 2 aromatic heterocycles. The lowest BCUT2D eigenvalue weighted by molar-refractivity contribution is 0.112. The highest BCUT2D eigenvalue weighted by Gasteiger charge is 2.23. The molecule has 1 aliphatic heterocycles. The van der Waals surface area contributed by atoms with Crippen molar-refractivity contribution in [2.24, 2.45) is 0 Å². The van der Waals surface area contributed by atoms with E-state index in [-0.39, 0.29) is 5.75 Å². The molecule has 0 amide bonds. The highest BCUT2D eigenvalue weighted by atomic mass is 16.3. The topological polar surface area (TPSA) is 83.3 Å². The first-order valence-corrected chi connectivity index (χ1v) is 12.1. The van der Waals surface area contributed by atoms with E-state index in [0.717, 1.165) is 67.0 Å². The molecule has 180 valence electrons. The van der Waals surface area contributed by atoms with E-state index in [1.54, 1.807) is 12.1 Å². The fourth-order valence-corrected chi connectivity index (χ4v) is 4.97. The zero-order valence-electron chi connectivity index (χ0n) is 20.2. The number of imidazole rings is 1. The van der Waals surface area contributed by atoms with Crippen LogP contribution in [0.1, 0.15) is 45.7 Å². The molecular weight excluding hydrogens is 438 g/mol. The van der Waals surface area contributed by atoms with Crippen molar-refractivity contribution in [1.29, 1.82) is 0 Å². The van der Waals surface area contributed by atoms with Crippen LogP contribution < -0.4 is 5.32 Å². The third kappa shape index (κ3) is 5.05. The van der Waals surface area contributed by atoms with Crippen LogP contribution in [-0.4, -0.2) is 50.0 Å². The number of aromatic hydroxyl groups is 1. The first-order chi connectivity index (χ1) is 17.0. The van der Waals surface area contributed by atoms with Crippen molar-refractivity contribution in [3.8, 4) is 5.75 Å². The van der Waals surface area contributed by atoms with Crippen LogP contribution in [0.15, 0.2) is 54.6 Å². The Morgan fingerprint density at radius 3 is 2.54 bits per heavy atom.